The van der Waals surface area contributed by atoms with E-state index in [0.29, 0.717) is 22.2 Å². The largest absolute Gasteiger partial charge is 0.326 e. The minimum atomic E-state index is 0.0354. The highest BCUT2D eigenvalue weighted by molar-refractivity contribution is 6.32. The normalized spacial score (nSPS) is 22.3. The van der Waals surface area contributed by atoms with Crippen LogP contribution in [0.15, 0.2) is 18.2 Å². The Balaban J connectivity index is 2.08. The lowest BCUT2D eigenvalue weighted by molar-refractivity contribution is -0.117. The number of carbonyl (C=O) groups excluding carboxylic acids is 1. The van der Waals surface area contributed by atoms with Crippen LogP contribution in [-0.2, 0) is 4.79 Å². The van der Waals surface area contributed by atoms with Gasteiger partial charge in [-0.3, -0.25) is 4.79 Å². The Labute approximate surface area is 99.0 Å². The molecule has 0 radical (unpaired) electrons. The van der Waals surface area contributed by atoms with Crippen LogP contribution in [0.1, 0.15) is 18.9 Å². The van der Waals surface area contributed by atoms with Crippen LogP contribution in [0.5, 0.6) is 0 Å². The smallest absolute Gasteiger partial charge is 0.227 e. The van der Waals surface area contributed by atoms with Gasteiger partial charge in [0, 0.05) is 11.6 Å². The predicted octanol–water partition coefficient (Wildman–Crippen LogP) is 2.81. The van der Waals surface area contributed by atoms with Crippen LogP contribution in [0.4, 0.5) is 5.69 Å². The third-order valence-corrected chi connectivity index (χ3v) is 3.12. The summed E-state index contributed by atoms with van der Waals surface area (Å²) < 4.78 is 0. The summed E-state index contributed by atoms with van der Waals surface area (Å²) in [6, 6.07) is 6.87. The molecule has 0 aliphatic heterocycles. The molecule has 1 aliphatic carbocycles. The molecule has 1 amide bonds. The summed E-state index contributed by atoms with van der Waals surface area (Å²) in [7, 11) is 0. The number of nitriles is 1. The maximum Gasteiger partial charge on any atom is 0.227 e. The van der Waals surface area contributed by atoms with Crippen molar-refractivity contribution < 1.29 is 4.79 Å². The van der Waals surface area contributed by atoms with E-state index in [0.717, 1.165) is 6.42 Å². The SMILES string of the molecule is CC1CC1C(=O)Nc1ccc(C#N)c(Cl)c1. The van der Waals surface area contributed by atoms with Gasteiger partial charge in [-0.25, -0.2) is 0 Å². The number of hydrogen-bond acceptors (Lipinski definition) is 2. The number of nitrogens with one attached hydrogen (secondary N) is 1. The fraction of sp³-hybridized carbons (Fsp3) is 0.333. The van der Waals surface area contributed by atoms with Crippen molar-refractivity contribution in [3.05, 3.63) is 28.8 Å². The Kier molecular flexibility index (Phi) is 2.84. The van der Waals surface area contributed by atoms with Gasteiger partial charge in [0.2, 0.25) is 5.91 Å². The Morgan fingerprint density at radius 1 is 1.62 bits per heavy atom. The quantitative estimate of drug-likeness (QED) is 0.856. The van der Waals surface area contributed by atoms with Gasteiger partial charge in [-0.15, -0.1) is 0 Å². The molecule has 1 aromatic carbocycles. The maximum atomic E-state index is 11.6. The molecule has 1 fully saturated rings. The first-order chi connectivity index (χ1) is 7.61. The van der Waals surface area contributed by atoms with Crippen LogP contribution in [0.25, 0.3) is 0 Å². The molecule has 16 heavy (non-hydrogen) atoms. The first-order valence-electron chi connectivity index (χ1n) is 5.12. The highest BCUT2D eigenvalue weighted by Gasteiger charge is 2.39. The summed E-state index contributed by atoms with van der Waals surface area (Å²) in [6.07, 6.45) is 0.954. The average molecular weight is 235 g/mol. The van der Waals surface area contributed by atoms with Crippen LogP contribution < -0.4 is 5.32 Å². The molecule has 0 spiro atoms. The molecule has 2 atom stereocenters. The summed E-state index contributed by atoms with van der Waals surface area (Å²) in [4.78, 5) is 11.6. The lowest BCUT2D eigenvalue weighted by atomic mass is 10.2. The highest BCUT2D eigenvalue weighted by Crippen LogP contribution is 2.38. The summed E-state index contributed by atoms with van der Waals surface area (Å²) in [5.74, 6) is 0.650. The number of carbonyl (C=O) groups is 1. The number of halogens is 1. The molecule has 0 heterocycles. The van der Waals surface area contributed by atoms with Crippen LogP contribution in [0.3, 0.4) is 0 Å². The standard InChI is InChI=1S/C12H11ClN2O/c1-7-4-10(7)12(16)15-9-3-2-8(6-14)11(13)5-9/h2-3,5,7,10H,4H2,1H3,(H,15,16). The number of anilines is 1. The fourth-order valence-electron chi connectivity index (χ4n) is 1.61. The van der Waals surface area contributed by atoms with Gasteiger partial charge < -0.3 is 5.32 Å². The van der Waals surface area contributed by atoms with E-state index in [1.165, 1.54) is 0 Å². The zero-order chi connectivity index (χ0) is 11.7. The first-order valence-corrected chi connectivity index (χ1v) is 5.50. The lowest BCUT2D eigenvalue weighted by Gasteiger charge is -2.05. The molecule has 0 bridgehead atoms. The summed E-state index contributed by atoms with van der Waals surface area (Å²) in [5.41, 5.74) is 1.06. The second kappa shape index (κ2) is 4.15. The predicted molar refractivity (Wildman–Crippen MR) is 62.1 cm³/mol. The molecule has 2 unspecified atom stereocenters. The van der Waals surface area contributed by atoms with Crippen molar-refractivity contribution in [3.63, 3.8) is 0 Å². The third kappa shape index (κ3) is 2.17. The van der Waals surface area contributed by atoms with E-state index in [4.69, 9.17) is 16.9 Å². The monoisotopic (exact) mass is 234 g/mol. The van der Waals surface area contributed by atoms with Crippen LogP contribution in [0.2, 0.25) is 5.02 Å². The van der Waals surface area contributed by atoms with Gasteiger partial charge in [-0.1, -0.05) is 18.5 Å². The van der Waals surface area contributed by atoms with E-state index >= 15 is 0 Å². The van der Waals surface area contributed by atoms with E-state index < -0.39 is 0 Å². The Bertz CT molecular complexity index is 478. The van der Waals surface area contributed by atoms with Crippen molar-refractivity contribution in [2.45, 2.75) is 13.3 Å². The van der Waals surface area contributed by atoms with E-state index in [1.54, 1.807) is 18.2 Å². The minimum absolute atomic E-state index is 0.0354. The highest BCUT2D eigenvalue weighted by atomic mass is 35.5. The van der Waals surface area contributed by atoms with Gasteiger partial charge in [0.25, 0.3) is 0 Å². The maximum absolute atomic E-state index is 11.6. The summed E-state index contributed by atoms with van der Waals surface area (Å²) in [5, 5.41) is 11.9. The molecule has 82 valence electrons. The number of nitrogens with zero attached hydrogens (tertiary/aromatic N) is 1. The molecule has 1 saturated carbocycles. The molecular weight excluding hydrogens is 224 g/mol. The van der Waals surface area contributed by atoms with Gasteiger partial charge in [-0.05, 0) is 30.5 Å². The van der Waals surface area contributed by atoms with Crippen molar-refractivity contribution in [2.24, 2.45) is 11.8 Å². The van der Waals surface area contributed by atoms with E-state index in [9.17, 15) is 4.79 Å². The van der Waals surface area contributed by atoms with E-state index in [-0.39, 0.29) is 11.8 Å². The molecular formula is C12H11ClN2O. The second-order valence-electron chi connectivity index (χ2n) is 4.12. The number of hydrogen-bond donors (Lipinski definition) is 1. The van der Waals surface area contributed by atoms with Crippen molar-refractivity contribution in [2.75, 3.05) is 5.32 Å². The van der Waals surface area contributed by atoms with Gasteiger partial charge in [0.15, 0.2) is 0 Å². The molecule has 2 rings (SSSR count). The van der Waals surface area contributed by atoms with Gasteiger partial charge in [-0.2, -0.15) is 5.26 Å². The van der Waals surface area contributed by atoms with Gasteiger partial charge >= 0.3 is 0 Å². The Morgan fingerprint density at radius 3 is 2.81 bits per heavy atom. The van der Waals surface area contributed by atoms with Crippen molar-refractivity contribution in [1.82, 2.24) is 0 Å². The van der Waals surface area contributed by atoms with Crippen LogP contribution in [-0.4, -0.2) is 5.91 Å². The Hall–Kier alpha value is -1.53. The minimum Gasteiger partial charge on any atom is -0.326 e. The molecule has 3 nitrogen and oxygen atoms in total. The molecule has 4 heteroatoms. The summed E-state index contributed by atoms with van der Waals surface area (Å²) in [6.45, 7) is 2.05. The molecule has 0 saturated heterocycles. The second-order valence-corrected chi connectivity index (χ2v) is 4.52. The molecule has 0 aromatic heterocycles. The van der Waals surface area contributed by atoms with E-state index in [2.05, 4.69) is 12.2 Å². The Morgan fingerprint density at radius 2 is 2.31 bits per heavy atom. The average Bonchev–Trinajstić information content (AvgIpc) is 2.96. The first kappa shape index (κ1) is 11.0. The topological polar surface area (TPSA) is 52.9 Å². The number of benzene rings is 1. The van der Waals surface area contributed by atoms with Crippen molar-refractivity contribution in [3.8, 4) is 6.07 Å². The number of amides is 1. The lowest BCUT2D eigenvalue weighted by Crippen LogP contribution is -2.14. The van der Waals surface area contributed by atoms with Crippen LogP contribution >= 0.6 is 11.6 Å². The molecule has 1 aliphatic rings. The fourth-order valence-corrected chi connectivity index (χ4v) is 1.83. The molecule has 1 aromatic rings. The zero-order valence-corrected chi connectivity index (χ0v) is 9.58. The van der Waals surface area contributed by atoms with Gasteiger partial charge in [0.1, 0.15) is 6.07 Å². The molecule has 1 N–H and O–H groups in total. The van der Waals surface area contributed by atoms with E-state index in [1.807, 2.05) is 6.07 Å². The summed E-state index contributed by atoms with van der Waals surface area (Å²) >= 11 is 5.86. The zero-order valence-electron chi connectivity index (χ0n) is 8.83. The number of rotatable bonds is 2. The third-order valence-electron chi connectivity index (χ3n) is 2.80. The van der Waals surface area contributed by atoms with Gasteiger partial charge in [0.05, 0.1) is 10.6 Å². The van der Waals surface area contributed by atoms with Crippen LogP contribution in [0, 0.1) is 23.2 Å². The van der Waals surface area contributed by atoms with Crippen molar-refractivity contribution >= 4 is 23.2 Å². The van der Waals surface area contributed by atoms with Crippen molar-refractivity contribution in [1.29, 1.82) is 5.26 Å².